The van der Waals surface area contributed by atoms with Crippen LogP contribution < -0.4 is 0 Å². The number of esters is 2. The monoisotopic (exact) mass is 342 g/mol. The van der Waals surface area contributed by atoms with E-state index < -0.39 is 59.2 Å². The molecule has 3 aliphatic rings. The molecule has 3 rings (SSSR count). The Labute approximate surface area is 126 Å². The number of hydrogen-bond acceptors (Lipinski definition) is 9. The highest BCUT2D eigenvalue weighted by molar-refractivity contribution is 7.96. The van der Waals surface area contributed by atoms with E-state index in [0.29, 0.717) is 6.42 Å². The van der Waals surface area contributed by atoms with E-state index in [2.05, 4.69) is 9.37 Å². The molecule has 0 amide bonds. The third-order valence-electron chi connectivity index (χ3n) is 4.57. The molecule has 0 aromatic carbocycles. The van der Waals surface area contributed by atoms with Crippen LogP contribution in [0.3, 0.4) is 0 Å². The van der Waals surface area contributed by atoms with Crippen molar-refractivity contribution in [3.8, 4) is 0 Å². The number of halogens is 2. The summed E-state index contributed by atoms with van der Waals surface area (Å²) < 4.78 is 40.3. The van der Waals surface area contributed by atoms with Crippen molar-refractivity contribution >= 4 is 24.0 Å². The standard InChI is InChI=1S/C11H12F2O8S/c12-11(13,22-21-20-17)10(16)19-7-3-1-4-6(5(3)2-14)9(15)18-8(4)7/h3-8,14,17H,1-2H2. The molecule has 2 N–H and O–H groups in total. The Balaban J connectivity index is 1.71. The SMILES string of the molecule is O=C1OC2C3CC(C(CO)C13)C2OC(=O)C(F)(F)SOOO. The molecule has 124 valence electrons. The number of hydrogen-bond donors (Lipinski definition) is 2. The van der Waals surface area contributed by atoms with Crippen molar-refractivity contribution in [2.24, 2.45) is 23.7 Å². The number of rotatable bonds is 6. The number of carbonyl (C=O) groups excluding carboxylic acids is 2. The number of fused-ring (bicyclic) bond motifs is 1. The first kappa shape index (κ1) is 15.9. The second-order valence-electron chi connectivity index (χ2n) is 5.45. The van der Waals surface area contributed by atoms with Crippen molar-refractivity contribution in [2.45, 2.75) is 23.9 Å². The van der Waals surface area contributed by atoms with Gasteiger partial charge in [-0.3, -0.25) is 4.79 Å². The molecule has 1 aliphatic heterocycles. The van der Waals surface area contributed by atoms with E-state index in [1.54, 1.807) is 0 Å². The number of ether oxygens (including phenoxy) is 2. The van der Waals surface area contributed by atoms with Gasteiger partial charge in [-0.25, -0.2) is 10.1 Å². The van der Waals surface area contributed by atoms with Crippen LogP contribution in [0, 0.1) is 23.7 Å². The average molecular weight is 342 g/mol. The molecule has 0 aromatic rings. The van der Waals surface area contributed by atoms with Gasteiger partial charge in [0.05, 0.1) is 5.92 Å². The lowest BCUT2D eigenvalue weighted by Crippen LogP contribution is -2.44. The molecule has 0 radical (unpaired) electrons. The Morgan fingerprint density at radius 1 is 1.45 bits per heavy atom. The van der Waals surface area contributed by atoms with E-state index in [1.807, 2.05) is 0 Å². The van der Waals surface area contributed by atoms with Gasteiger partial charge in [0.25, 0.3) is 0 Å². The molecule has 2 aliphatic carbocycles. The van der Waals surface area contributed by atoms with E-state index in [0.717, 1.165) is 0 Å². The van der Waals surface area contributed by atoms with Gasteiger partial charge in [0.2, 0.25) is 0 Å². The molecule has 1 saturated heterocycles. The zero-order valence-corrected chi connectivity index (χ0v) is 11.7. The van der Waals surface area contributed by atoms with Crippen LogP contribution in [0.25, 0.3) is 0 Å². The largest absolute Gasteiger partial charge is 0.458 e. The van der Waals surface area contributed by atoms with Gasteiger partial charge in [-0.05, 0) is 6.42 Å². The summed E-state index contributed by atoms with van der Waals surface area (Å²) in [6, 6.07) is 0. The Kier molecular flexibility index (Phi) is 4.01. The molecular formula is C11H12F2O8S. The van der Waals surface area contributed by atoms with Gasteiger partial charge in [0, 0.05) is 24.4 Å². The first-order chi connectivity index (χ1) is 10.4. The van der Waals surface area contributed by atoms with Gasteiger partial charge >= 0.3 is 17.2 Å². The third kappa shape index (κ3) is 2.27. The molecule has 11 heteroatoms. The van der Waals surface area contributed by atoms with Crippen LogP contribution in [0.5, 0.6) is 0 Å². The topological polar surface area (TPSA) is 112 Å². The Morgan fingerprint density at radius 2 is 2.18 bits per heavy atom. The van der Waals surface area contributed by atoms with E-state index in [1.165, 1.54) is 0 Å². The normalized spacial score (nSPS) is 39.2. The number of alkyl halides is 2. The fourth-order valence-electron chi connectivity index (χ4n) is 3.83. The minimum atomic E-state index is -4.11. The van der Waals surface area contributed by atoms with Gasteiger partial charge < -0.3 is 14.6 Å². The zero-order valence-electron chi connectivity index (χ0n) is 10.9. The molecule has 0 aromatic heterocycles. The van der Waals surface area contributed by atoms with Crippen LogP contribution >= 0.6 is 12.0 Å². The maximum atomic E-state index is 13.4. The fraction of sp³-hybridized carbons (Fsp3) is 0.818. The van der Waals surface area contributed by atoms with Gasteiger partial charge in [-0.2, -0.15) is 8.78 Å². The number of aliphatic hydroxyl groups is 1. The summed E-state index contributed by atoms with van der Waals surface area (Å²) in [5, 5.41) is 16.1. The lowest BCUT2D eigenvalue weighted by Gasteiger charge is -2.30. The Hall–Kier alpha value is -1.01. The highest BCUT2D eigenvalue weighted by Crippen LogP contribution is 2.58. The van der Waals surface area contributed by atoms with Crippen molar-refractivity contribution in [2.75, 3.05) is 6.61 Å². The van der Waals surface area contributed by atoms with E-state index in [-0.39, 0.29) is 12.5 Å². The smallest absolute Gasteiger partial charge is 0.415 e. The van der Waals surface area contributed by atoms with Gasteiger partial charge in [-0.1, -0.05) is 5.04 Å². The van der Waals surface area contributed by atoms with Crippen molar-refractivity contribution in [3.05, 3.63) is 0 Å². The van der Waals surface area contributed by atoms with Crippen LogP contribution in [-0.4, -0.2) is 46.4 Å². The Morgan fingerprint density at radius 3 is 2.82 bits per heavy atom. The van der Waals surface area contributed by atoms with Crippen molar-refractivity contribution in [3.63, 3.8) is 0 Å². The van der Waals surface area contributed by atoms with Crippen molar-refractivity contribution < 1.29 is 47.6 Å². The maximum absolute atomic E-state index is 13.4. The third-order valence-corrected chi connectivity index (χ3v) is 5.07. The van der Waals surface area contributed by atoms with Crippen molar-refractivity contribution in [1.82, 2.24) is 0 Å². The summed E-state index contributed by atoms with van der Waals surface area (Å²) in [6.07, 6.45) is -1.32. The predicted molar refractivity (Wildman–Crippen MR) is 62.8 cm³/mol. The second kappa shape index (κ2) is 5.57. The minimum absolute atomic E-state index is 0.231. The van der Waals surface area contributed by atoms with E-state index in [9.17, 15) is 23.5 Å². The molecule has 2 saturated carbocycles. The Bertz CT molecular complexity index is 489. The summed E-state index contributed by atoms with van der Waals surface area (Å²) in [5.74, 6) is -3.96. The second-order valence-corrected chi connectivity index (χ2v) is 6.27. The van der Waals surface area contributed by atoms with Crippen LogP contribution in [-0.2, 0) is 28.4 Å². The molecule has 6 unspecified atom stereocenters. The van der Waals surface area contributed by atoms with E-state index in [4.69, 9.17) is 14.7 Å². The highest BCUT2D eigenvalue weighted by atomic mass is 32.2. The van der Waals surface area contributed by atoms with Gasteiger partial charge in [0.15, 0.2) is 0 Å². The fourth-order valence-corrected chi connectivity index (χ4v) is 4.06. The molecule has 2 bridgehead atoms. The summed E-state index contributed by atoms with van der Waals surface area (Å²) in [7, 11) is 0. The quantitative estimate of drug-likeness (QED) is 0.306. The van der Waals surface area contributed by atoms with Crippen LogP contribution in [0.1, 0.15) is 6.42 Å². The highest BCUT2D eigenvalue weighted by Gasteiger charge is 2.68. The first-order valence-electron chi connectivity index (χ1n) is 6.47. The summed E-state index contributed by atoms with van der Waals surface area (Å²) in [6.45, 7) is -0.311. The minimum Gasteiger partial charge on any atom is -0.458 e. The molecule has 6 atom stereocenters. The van der Waals surface area contributed by atoms with Gasteiger partial charge in [0.1, 0.15) is 24.3 Å². The first-order valence-corrected chi connectivity index (χ1v) is 7.21. The maximum Gasteiger partial charge on any atom is 0.415 e. The molecule has 3 fully saturated rings. The summed E-state index contributed by atoms with van der Waals surface area (Å²) in [5.41, 5.74) is 0. The lowest BCUT2D eigenvalue weighted by molar-refractivity contribution is -0.433. The predicted octanol–water partition coefficient (Wildman–Crippen LogP) is 0.360. The number of aliphatic hydroxyl groups excluding tert-OH is 1. The lowest BCUT2D eigenvalue weighted by atomic mass is 9.79. The van der Waals surface area contributed by atoms with Gasteiger partial charge in [-0.15, -0.1) is 4.33 Å². The zero-order chi connectivity index (χ0) is 16.1. The summed E-state index contributed by atoms with van der Waals surface area (Å²) in [4.78, 5) is 23.3. The average Bonchev–Trinajstić information content (AvgIpc) is 3.08. The summed E-state index contributed by atoms with van der Waals surface area (Å²) >= 11 is -0.721. The molecule has 22 heavy (non-hydrogen) atoms. The molecule has 8 nitrogen and oxygen atoms in total. The molecular weight excluding hydrogens is 330 g/mol. The van der Waals surface area contributed by atoms with Crippen LogP contribution in [0.15, 0.2) is 0 Å². The molecule has 1 heterocycles. The number of carbonyl (C=O) groups is 2. The van der Waals surface area contributed by atoms with Crippen molar-refractivity contribution in [1.29, 1.82) is 0 Å². The van der Waals surface area contributed by atoms with Crippen LogP contribution in [0.4, 0.5) is 8.78 Å². The van der Waals surface area contributed by atoms with E-state index >= 15 is 0 Å². The molecule has 0 spiro atoms. The van der Waals surface area contributed by atoms with Crippen LogP contribution in [0.2, 0.25) is 0 Å².